The Morgan fingerprint density at radius 3 is 2.31 bits per heavy atom. The molecular formula is C23H34N4O4S. The van der Waals surface area contributed by atoms with Crippen LogP contribution in [-0.4, -0.2) is 86.2 Å². The fourth-order valence-electron chi connectivity index (χ4n) is 5.15. The van der Waals surface area contributed by atoms with Gasteiger partial charge in [-0.05, 0) is 49.6 Å². The molecule has 0 spiro atoms. The van der Waals surface area contributed by atoms with E-state index in [1.165, 1.54) is 6.92 Å². The molecule has 1 aromatic rings. The van der Waals surface area contributed by atoms with Gasteiger partial charge in [0, 0.05) is 58.3 Å². The van der Waals surface area contributed by atoms with Crippen molar-refractivity contribution in [2.24, 2.45) is 0 Å². The van der Waals surface area contributed by atoms with Crippen LogP contribution in [0.2, 0.25) is 0 Å². The van der Waals surface area contributed by atoms with Crippen LogP contribution >= 0.6 is 0 Å². The maximum atomic E-state index is 13.4. The summed E-state index contributed by atoms with van der Waals surface area (Å²) in [7, 11) is -3.56. The molecule has 3 aliphatic heterocycles. The first kappa shape index (κ1) is 23.2. The van der Waals surface area contributed by atoms with Gasteiger partial charge in [0.2, 0.25) is 21.8 Å². The fraction of sp³-hybridized carbons (Fsp3) is 0.652. The van der Waals surface area contributed by atoms with E-state index < -0.39 is 16.1 Å². The Kier molecular flexibility index (Phi) is 6.88. The molecule has 1 atom stereocenters. The van der Waals surface area contributed by atoms with Crippen LogP contribution in [0.15, 0.2) is 23.1 Å². The number of anilines is 1. The molecule has 8 nitrogen and oxygen atoms in total. The molecule has 2 saturated heterocycles. The van der Waals surface area contributed by atoms with E-state index in [2.05, 4.69) is 11.8 Å². The number of carbonyl (C=O) groups excluding carboxylic acids is 2. The van der Waals surface area contributed by atoms with Gasteiger partial charge in [0.15, 0.2) is 0 Å². The molecule has 0 aliphatic carbocycles. The van der Waals surface area contributed by atoms with Crippen molar-refractivity contribution >= 4 is 27.5 Å². The third-order valence-electron chi connectivity index (χ3n) is 6.84. The summed E-state index contributed by atoms with van der Waals surface area (Å²) in [6.45, 7) is 8.75. The summed E-state index contributed by atoms with van der Waals surface area (Å²) >= 11 is 0. The van der Waals surface area contributed by atoms with Crippen LogP contribution < -0.4 is 4.90 Å². The first-order valence-electron chi connectivity index (χ1n) is 11.8. The second-order valence-corrected chi connectivity index (χ2v) is 11.0. The lowest BCUT2D eigenvalue weighted by atomic mass is 10.1. The Morgan fingerprint density at radius 1 is 1.00 bits per heavy atom. The van der Waals surface area contributed by atoms with Gasteiger partial charge in [-0.25, -0.2) is 8.42 Å². The molecular weight excluding hydrogens is 428 g/mol. The van der Waals surface area contributed by atoms with Gasteiger partial charge in [0.25, 0.3) is 0 Å². The molecule has 9 heteroatoms. The van der Waals surface area contributed by atoms with E-state index in [4.69, 9.17) is 0 Å². The van der Waals surface area contributed by atoms with Gasteiger partial charge in [0.1, 0.15) is 6.04 Å². The third-order valence-corrected chi connectivity index (χ3v) is 8.73. The first-order valence-corrected chi connectivity index (χ1v) is 13.2. The normalized spacial score (nSPS) is 22.8. The van der Waals surface area contributed by atoms with Crippen molar-refractivity contribution in [3.63, 3.8) is 0 Å². The number of hydrogen-bond donors (Lipinski definition) is 0. The Hall–Kier alpha value is -1.97. The van der Waals surface area contributed by atoms with Crippen LogP contribution in [0.5, 0.6) is 0 Å². The van der Waals surface area contributed by atoms with Crippen molar-refractivity contribution in [3.8, 4) is 0 Å². The quantitative estimate of drug-likeness (QED) is 0.665. The second-order valence-electron chi connectivity index (χ2n) is 9.03. The predicted octanol–water partition coefficient (Wildman–Crippen LogP) is 1.69. The third kappa shape index (κ3) is 4.43. The summed E-state index contributed by atoms with van der Waals surface area (Å²) in [5, 5.41) is 0. The average Bonchev–Trinajstić information content (AvgIpc) is 3.19. The molecule has 0 N–H and O–H groups in total. The maximum absolute atomic E-state index is 13.4. The Labute approximate surface area is 191 Å². The van der Waals surface area contributed by atoms with Crippen LogP contribution in [0.1, 0.15) is 45.1 Å². The summed E-state index contributed by atoms with van der Waals surface area (Å²) in [5.74, 6) is -0.244. The Balaban J connectivity index is 1.54. The molecule has 0 aromatic heterocycles. The topological polar surface area (TPSA) is 81.2 Å². The van der Waals surface area contributed by atoms with Crippen molar-refractivity contribution in [3.05, 3.63) is 23.8 Å². The molecule has 3 aliphatic rings. The van der Waals surface area contributed by atoms with Gasteiger partial charge < -0.3 is 4.90 Å². The number of rotatable bonds is 5. The molecule has 4 rings (SSSR count). The summed E-state index contributed by atoms with van der Waals surface area (Å²) in [4.78, 5) is 31.9. The maximum Gasteiger partial charge on any atom is 0.246 e. The molecule has 3 heterocycles. The zero-order valence-electron chi connectivity index (χ0n) is 19.1. The van der Waals surface area contributed by atoms with Gasteiger partial charge in [-0.3, -0.25) is 19.4 Å². The van der Waals surface area contributed by atoms with Crippen LogP contribution in [-0.2, 0) is 26.0 Å². The van der Waals surface area contributed by atoms with Crippen LogP contribution in [0, 0.1) is 0 Å². The van der Waals surface area contributed by atoms with Crippen molar-refractivity contribution < 1.29 is 18.0 Å². The summed E-state index contributed by atoms with van der Waals surface area (Å²) in [6, 6.07) is 4.34. The van der Waals surface area contributed by atoms with E-state index in [-0.39, 0.29) is 16.7 Å². The monoisotopic (exact) mass is 462 g/mol. The highest BCUT2D eigenvalue weighted by Crippen LogP contribution is 2.36. The number of benzene rings is 1. The van der Waals surface area contributed by atoms with Crippen molar-refractivity contribution in [2.75, 3.05) is 50.7 Å². The lowest BCUT2D eigenvalue weighted by molar-refractivity contribution is -0.135. The smallest absolute Gasteiger partial charge is 0.246 e. The van der Waals surface area contributed by atoms with Crippen molar-refractivity contribution in [2.45, 2.75) is 56.9 Å². The van der Waals surface area contributed by atoms with E-state index in [0.29, 0.717) is 38.3 Å². The minimum Gasteiger partial charge on any atom is -0.338 e. The number of piperidine rings is 1. The van der Waals surface area contributed by atoms with Crippen LogP contribution in [0.4, 0.5) is 5.69 Å². The van der Waals surface area contributed by atoms with E-state index in [1.807, 2.05) is 4.90 Å². The molecule has 2 amide bonds. The minimum absolute atomic E-state index is 0.0482. The summed E-state index contributed by atoms with van der Waals surface area (Å²) in [5.41, 5.74) is 1.40. The molecule has 176 valence electrons. The molecule has 0 bridgehead atoms. The highest BCUT2D eigenvalue weighted by molar-refractivity contribution is 7.89. The molecule has 0 radical (unpaired) electrons. The summed E-state index contributed by atoms with van der Waals surface area (Å²) < 4.78 is 27.8. The highest BCUT2D eigenvalue weighted by atomic mass is 32.2. The molecule has 1 aromatic carbocycles. The minimum atomic E-state index is -3.56. The van der Waals surface area contributed by atoms with Gasteiger partial charge in [-0.2, -0.15) is 4.31 Å². The zero-order valence-corrected chi connectivity index (χ0v) is 19.9. The van der Waals surface area contributed by atoms with Gasteiger partial charge in [0.05, 0.1) is 4.90 Å². The molecule has 2 fully saturated rings. The summed E-state index contributed by atoms with van der Waals surface area (Å²) in [6.07, 6.45) is 4.26. The molecule has 0 unspecified atom stereocenters. The number of fused-ring (bicyclic) bond motifs is 1. The number of carbonyl (C=O) groups is 2. The first-order chi connectivity index (χ1) is 15.3. The van der Waals surface area contributed by atoms with Crippen LogP contribution in [0.3, 0.4) is 0 Å². The number of piperazine rings is 1. The van der Waals surface area contributed by atoms with E-state index in [0.717, 1.165) is 50.9 Å². The SMILES string of the molecule is CCCN1CCN(C(=O)[C@H]2Cc3cc(S(=O)(=O)N4CCCCC4)ccc3N2C(C)=O)CC1. The second kappa shape index (κ2) is 9.49. The van der Waals surface area contributed by atoms with Gasteiger partial charge in [-0.15, -0.1) is 0 Å². The Morgan fingerprint density at radius 2 is 1.69 bits per heavy atom. The standard InChI is InChI=1S/C23H34N4O4S/c1-3-9-24-12-14-25(15-13-24)23(29)22-17-19-16-20(7-8-21(19)27(22)18(2)28)32(30,31)26-10-5-4-6-11-26/h7-8,16,22H,3-6,9-15,17H2,1-2H3/t22-/m1/s1. The fourth-order valence-corrected chi connectivity index (χ4v) is 6.72. The van der Waals surface area contributed by atoms with Gasteiger partial charge >= 0.3 is 0 Å². The van der Waals surface area contributed by atoms with Crippen LogP contribution in [0.25, 0.3) is 0 Å². The van der Waals surface area contributed by atoms with E-state index in [9.17, 15) is 18.0 Å². The van der Waals surface area contributed by atoms with E-state index >= 15 is 0 Å². The largest absolute Gasteiger partial charge is 0.338 e. The van der Waals surface area contributed by atoms with Crippen molar-refractivity contribution in [1.82, 2.24) is 14.1 Å². The highest BCUT2D eigenvalue weighted by Gasteiger charge is 2.40. The average molecular weight is 463 g/mol. The lowest BCUT2D eigenvalue weighted by Gasteiger charge is -2.37. The zero-order chi connectivity index (χ0) is 22.9. The molecule has 0 saturated carbocycles. The number of sulfonamides is 1. The van der Waals surface area contributed by atoms with Crippen molar-refractivity contribution in [1.29, 1.82) is 0 Å². The number of nitrogens with zero attached hydrogens (tertiary/aromatic N) is 4. The Bertz CT molecular complexity index is 966. The number of amides is 2. The predicted molar refractivity (Wildman–Crippen MR) is 123 cm³/mol. The lowest BCUT2D eigenvalue weighted by Crippen LogP contribution is -2.55. The molecule has 32 heavy (non-hydrogen) atoms. The number of hydrogen-bond acceptors (Lipinski definition) is 5. The van der Waals surface area contributed by atoms with Gasteiger partial charge in [-0.1, -0.05) is 13.3 Å². The van der Waals surface area contributed by atoms with E-state index in [1.54, 1.807) is 27.4 Å².